The number of rotatable bonds is 4. The second-order valence-electron chi connectivity index (χ2n) is 6.09. The summed E-state index contributed by atoms with van der Waals surface area (Å²) in [6.45, 7) is 6.34. The number of anilines is 1. The van der Waals surface area contributed by atoms with E-state index >= 15 is 0 Å². The lowest BCUT2D eigenvalue weighted by atomic mass is 9.86. The molecule has 0 aromatic heterocycles. The summed E-state index contributed by atoms with van der Waals surface area (Å²) in [5.74, 6) is 0.491. The number of halogens is 1. The third-order valence-corrected chi connectivity index (χ3v) is 3.67. The Morgan fingerprint density at radius 3 is 2.55 bits per heavy atom. The van der Waals surface area contributed by atoms with Gasteiger partial charge in [0.15, 0.2) is 6.61 Å². The van der Waals surface area contributed by atoms with E-state index in [1.807, 2.05) is 48.5 Å². The Morgan fingerprint density at radius 2 is 1.86 bits per heavy atom. The van der Waals surface area contributed by atoms with Crippen LogP contribution in [0.4, 0.5) is 5.69 Å². The van der Waals surface area contributed by atoms with Crippen molar-refractivity contribution < 1.29 is 9.53 Å². The minimum Gasteiger partial charge on any atom is -0.484 e. The Morgan fingerprint density at radius 1 is 1.14 bits per heavy atom. The van der Waals surface area contributed by atoms with Crippen molar-refractivity contribution >= 4 is 27.5 Å². The molecular formula is C18H20BrNO2. The maximum Gasteiger partial charge on any atom is 0.262 e. The Bertz CT molecular complexity index is 662. The number of para-hydroxylation sites is 1. The smallest absolute Gasteiger partial charge is 0.262 e. The summed E-state index contributed by atoms with van der Waals surface area (Å²) in [5.41, 5.74) is 1.90. The maximum atomic E-state index is 12.1. The van der Waals surface area contributed by atoms with Gasteiger partial charge in [0.25, 0.3) is 5.91 Å². The van der Waals surface area contributed by atoms with E-state index in [9.17, 15) is 4.79 Å². The van der Waals surface area contributed by atoms with Crippen LogP contribution in [0, 0.1) is 0 Å². The van der Waals surface area contributed by atoms with E-state index in [-0.39, 0.29) is 17.9 Å². The van der Waals surface area contributed by atoms with Gasteiger partial charge in [-0.3, -0.25) is 4.79 Å². The summed E-state index contributed by atoms with van der Waals surface area (Å²) in [4.78, 5) is 12.1. The summed E-state index contributed by atoms with van der Waals surface area (Å²) < 4.78 is 6.42. The lowest BCUT2D eigenvalue weighted by Crippen LogP contribution is -2.23. The molecule has 0 saturated heterocycles. The Labute approximate surface area is 139 Å². The highest BCUT2D eigenvalue weighted by Gasteiger charge is 2.18. The summed E-state index contributed by atoms with van der Waals surface area (Å²) >= 11 is 3.37. The summed E-state index contributed by atoms with van der Waals surface area (Å²) in [6.07, 6.45) is 0. The van der Waals surface area contributed by atoms with Gasteiger partial charge in [-0.05, 0) is 35.2 Å². The van der Waals surface area contributed by atoms with Gasteiger partial charge in [0, 0.05) is 10.2 Å². The average Bonchev–Trinajstić information content (AvgIpc) is 2.45. The molecule has 0 aliphatic rings. The molecule has 0 aliphatic heterocycles. The van der Waals surface area contributed by atoms with Crippen molar-refractivity contribution in [1.82, 2.24) is 0 Å². The van der Waals surface area contributed by atoms with Crippen LogP contribution < -0.4 is 10.1 Å². The van der Waals surface area contributed by atoms with Crippen LogP contribution >= 0.6 is 15.9 Å². The van der Waals surface area contributed by atoms with E-state index in [2.05, 4.69) is 42.0 Å². The van der Waals surface area contributed by atoms with Crippen LogP contribution in [0.1, 0.15) is 26.3 Å². The first kappa shape index (κ1) is 16.6. The van der Waals surface area contributed by atoms with Crippen LogP contribution in [0.2, 0.25) is 0 Å². The van der Waals surface area contributed by atoms with E-state index in [4.69, 9.17) is 4.74 Å². The molecule has 0 spiro atoms. The predicted molar refractivity (Wildman–Crippen MR) is 93.4 cm³/mol. The van der Waals surface area contributed by atoms with E-state index in [1.165, 1.54) is 0 Å². The number of hydrogen-bond donors (Lipinski definition) is 1. The summed E-state index contributed by atoms with van der Waals surface area (Å²) in [5, 5.41) is 2.93. The Kier molecular flexibility index (Phi) is 5.24. The van der Waals surface area contributed by atoms with Gasteiger partial charge < -0.3 is 10.1 Å². The predicted octanol–water partition coefficient (Wildman–Crippen LogP) is 4.76. The standard InChI is InChI=1S/C18H20BrNO2/c1-18(2,3)15-9-4-5-10-16(15)20-17(21)12-22-14-8-6-7-13(19)11-14/h4-11H,12H2,1-3H3,(H,20,21). The Hall–Kier alpha value is -1.81. The fourth-order valence-electron chi connectivity index (χ4n) is 2.14. The van der Waals surface area contributed by atoms with Gasteiger partial charge in [0.05, 0.1) is 0 Å². The maximum absolute atomic E-state index is 12.1. The molecule has 0 atom stereocenters. The van der Waals surface area contributed by atoms with Crippen LogP contribution in [0.25, 0.3) is 0 Å². The molecule has 0 fully saturated rings. The number of ether oxygens (including phenoxy) is 1. The average molecular weight is 362 g/mol. The molecule has 3 nitrogen and oxygen atoms in total. The Balaban J connectivity index is 2.01. The fourth-order valence-corrected chi connectivity index (χ4v) is 2.52. The van der Waals surface area contributed by atoms with Gasteiger partial charge >= 0.3 is 0 Å². The van der Waals surface area contributed by atoms with Crippen molar-refractivity contribution in [3.8, 4) is 5.75 Å². The molecule has 0 heterocycles. The molecule has 1 amide bonds. The molecule has 0 aliphatic carbocycles. The first-order valence-corrected chi connectivity index (χ1v) is 7.93. The van der Waals surface area contributed by atoms with Crippen LogP contribution in [0.15, 0.2) is 53.0 Å². The van der Waals surface area contributed by atoms with Crippen molar-refractivity contribution in [1.29, 1.82) is 0 Å². The molecule has 22 heavy (non-hydrogen) atoms. The van der Waals surface area contributed by atoms with Crippen LogP contribution in [0.3, 0.4) is 0 Å². The van der Waals surface area contributed by atoms with E-state index in [0.717, 1.165) is 15.7 Å². The van der Waals surface area contributed by atoms with Gasteiger partial charge in [-0.15, -0.1) is 0 Å². The topological polar surface area (TPSA) is 38.3 Å². The SMILES string of the molecule is CC(C)(C)c1ccccc1NC(=O)COc1cccc(Br)c1. The van der Waals surface area contributed by atoms with Crippen LogP contribution in [-0.2, 0) is 10.2 Å². The molecule has 2 aromatic carbocycles. The second kappa shape index (κ2) is 6.97. The molecule has 0 radical (unpaired) electrons. The van der Waals surface area contributed by atoms with Crippen molar-refractivity contribution in [2.45, 2.75) is 26.2 Å². The fraction of sp³-hybridized carbons (Fsp3) is 0.278. The highest BCUT2D eigenvalue weighted by Crippen LogP contribution is 2.29. The van der Waals surface area contributed by atoms with Crippen molar-refractivity contribution in [2.24, 2.45) is 0 Å². The van der Waals surface area contributed by atoms with Crippen molar-refractivity contribution in [3.63, 3.8) is 0 Å². The second-order valence-corrected chi connectivity index (χ2v) is 7.01. The third-order valence-electron chi connectivity index (χ3n) is 3.18. The van der Waals surface area contributed by atoms with Crippen LogP contribution in [-0.4, -0.2) is 12.5 Å². The number of carbonyl (C=O) groups is 1. The third kappa shape index (κ3) is 4.60. The molecule has 1 N–H and O–H groups in total. The lowest BCUT2D eigenvalue weighted by Gasteiger charge is -2.23. The number of amides is 1. The highest BCUT2D eigenvalue weighted by molar-refractivity contribution is 9.10. The van der Waals surface area contributed by atoms with Gasteiger partial charge in [-0.25, -0.2) is 0 Å². The minimum atomic E-state index is -0.170. The molecular weight excluding hydrogens is 342 g/mol. The van der Waals surface area contributed by atoms with Crippen molar-refractivity contribution in [3.05, 3.63) is 58.6 Å². The molecule has 0 saturated carbocycles. The quantitative estimate of drug-likeness (QED) is 0.851. The molecule has 0 unspecified atom stereocenters. The number of benzene rings is 2. The zero-order valence-electron chi connectivity index (χ0n) is 13.0. The summed E-state index contributed by atoms with van der Waals surface area (Å²) in [6, 6.07) is 15.3. The monoisotopic (exact) mass is 361 g/mol. The van der Waals surface area contributed by atoms with Gasteiger partial charge in [-0.2, -0.15) is 0 Å². The number of nitrogens with one attached hydrogen (secondary N) is 1. The highest BCUT2D eigenvalue weighted by atomic mass is 79.9. The number of carbonyl (C=O) groups excluding carboxylic acids is 1. The van der Waals surface area contributed by atoms with E-state index in [1.54, 1.807) is 0 Å². The number of hydrogen-bond acceptors (Lipinski definition) is 2. The first-order valence-electron chi connectivity index (χ1n) is 7.14. The van der Waals surface area contributed by atoms with Gasteiger partial charge in [-0.1, -0.05) is 61.0 Å². The van der Waals surface area contributed by atoms with Gasteiger partial charge in [0.1, 0.15) is 5.75 Å². The van der Waals surface area contributed by atoms with E-state index < -0.39 is 0 Å². The largest absolute Gasteiger partial charge is 0.484 e. The zero-order chi connectivity index (χ0) is 16.2. The molecule has 0 bridgehead atoms. The first-order chi connectivity index (χ1) is 10.4. The van der Waals surface area contributed by atoms with Crippen LogP contribution in [0.5, 0.6) is 5.75 Å². The lowest BCUT2D eigenvalue weighted by molar-refractivity contribution is -0.118. The molecule has 2 aromatic rings. The zero-order valence-corrected chi connectivity index (χ0v) is 14.6. The molecule has 2 rings (SSSR count). The van der Waals surface area contributed by atoms with Crippen molar-refractivity contribution in [2.75, 3.05) is 11.9 Å². The molecule has 116 valence electrons. The summed E-state index contributed by atoms with van der Waals surface area (Å²) in [7, 11) is 0. The van der Waals surface area contributed by atoms with E-state index in [0.29, 0.717) is 5.75 Å². The minimum absolute atomic E-state index is 0.0189. The normalized spacial score (nSPS) is 11.1. The molecule has 4 heteroatoms. The van der Waals surface area contributed by atoms with Gasteiger partial charge in [0.2, 0.25) is 0 Å².